The lowest BCUT2D eigenvalue weighted by molar-refractivity contribution is -0.126. The predicted molar refractivity (Wildman–Crippen MR) is 88.6 cm³/mol. The van der Waals surface area contributed by atoms with Crippen LogP contribution in [-0.2, 0) is 14.3 Å². The first-order valence-electron chi connectivity index (χ1n) is 6.73. The summed E-state index contributed by atoms with van der Waals surface area (Å²) in [7, 11) is 0. The molecule has 1 aliphatic heterocycles. The molecular weight excluding hydrogens is 329 g/mol. The fraction of sp³-hybridized carbons (Fsp3) is 0.429. The monoisotopic (exact) mass is 347 g/mol. The van der Waals surface area contributed by atoms with E-state index < -0.39 is 6.10 Å². The third kappa shape index (κ3) is 4.84. The van der Waals surface area contributed by atoms with Crippen LogP contribution in [0, 0.1) is 0 Å². The van der Waals surface area contributed by atoms with Gasteiger partial charge in [-0.3, -0.25) is 9.59 Å². The molecule has 1 aliphatic rings. The van der Waals surface area contributed by atoms with Gasteiger partial charge in [-0.25, -0.2) is 0 Å². The van der Waals surface area contributed by atoms with Crippen LogP contribution in [0.3, 0.4) is 0 Å². The van der Waals surface area contributed by atoms with Crippen molar-refractivity contribution in [2.24, 2.45) is 5.73 Å². The van der Waals surface area contributed by atoms with Crippen molar-refractivity contribution in [3.63, 3.8) is 0 Å². The van der Waals surface area contributed by atoms with Crippen LogP contribution in [0.4, 0.5) is 11.4 Å². The van der Waals surface area contributed by atoms with Crippen molar-refractivity contribution >= 4 is 47.2 Å². The first-order chi connectivity index (χ1) is 9.99. The van der Waals surface area contributed by atoms with Crippen LogP contribution >= 0.6 is 24.0 Å². The normalized spacial score (nSPS) is 20.1. The van der Waals surface area contributed by atoms with Gasteiger partial charge in [0.2, 0.25) is 5.91 Å². The summed E-state index contributed by atoms with van der Waals surface area (Å²) in [5.74, 6) is -0.421. The maximum absolute atomic E-state index is 12.1. The highest BCUT2D eigenvalue weighted by atomic mass is 35.5. The summed E-state index contributed by atoms with van der Waals surface area (Å²) in [6.07, 6.45) is 0.877. The van der Waals surface area contributed by atoms with Crippen LogP contribution < -0.4 is 16.4 Å². The van der Waals surface area contributed by atoms with E-state index in [4.69, 9.17) is 22.1 Å². The van der Waals surface area contributed by atoms with E-state index in [1.807, 2.05) is 0 Å². The minimum atomic E-state index is -0.496. The molecular formula is C14H19Cl2N3O3. The van der Waals surface area contributed by atoms with Gasteiger partial charge in [0.15, 0.2) is 0 Å². The van der Waals surface area contributed by atoms with Crippen LogP contribution in [-0.4, -0.2) is 30.6 Å². The van der Waals surface area contributed by atoms with Crippen LogP contribution in [0.1, 0.15) is 19.8 Å². The number of carbonyl (C=O) groups is 2. The minimum Gasteiger partial charge on any atom is -0.364 e. The number of nitrogens with one attached hydrogen (secondary N) is 2. The van der Waals surface area contributed by atoms with Gasteiger partial charge in [-0.1, -0.05) is 11.6 Å². The number of amides is 2. The maximum atomic E-state index is 12.1. The summed E-state index contributed by atoms with van der Waals surface area (Å²) in [4.78, 5) is 23.1. The first-order valence-corrected chi connectivity index (χ1v) is 7.11. The van der Waals surface area contributed by atoms with Crippen molar-refractivity contribution < 1.29 is 14.3 Å². The molecule has 1 fully saturated rings. The van der Waals surface area contributed by atoms with Gasteiger partial charge in [0.25, 0.3) is 5.91 Å². The molecule has 2 rings (SSSR count). The second-order valence-corrected chi connectivity index (χ2v) is 5.33. The summed E-state index contributed by atoms with van der Waals surface area (Å²) in [6.45, 7) is 1.82. The Balaban J connectivity index is 0.00000242. The van der Waals surface area contributed by atoms with E-state index in [1.165, 1.54) is 6.92 Å². The maximum Gasteiger partial charge on any atom is 0.253 e. The average Bonchev–Trinajstić information content (AvgIpc) is 2.90. The molecule has 22 heavy (non-hydrogen) atoms. The van der Waals surface area contributed by atoms with E-state index in [-0.39, 0.29) is 30.3 Å². The van der Waals surface area contributed by atoms with Gasteiger partial charge < -0.3 is 21.1 Å². The molecule has 0 spiro atoms. The lowest BCUT2D eigenvalue weighted by Gasteiger charge is -2.14. The Morgan fingerprint density at radius 3 is 2.64 bits per heavy atom. The number of halogens is 2. The van der Waals surface area contributed by atoms with E-state index >= 15 is 0 Å². The lowest BCUT2D eigenvalue weighted by atomic mass is 10.2. The Morgan fingerprint density at radius 1 is 1.36 bits per heavy atom. The summed E-state index contributed by atoms with van der Waals surface area (Å²) in [5.41, 5.74) is 6.57. The summed E-state index contributed by atoms with van der Waals surface area (Å²) >= 11 is 6.09. The van der Waals surface area contributed by atoms with E-state index in [0.29, 0.717) is 29.4 Å². The minimum absolute atomic E-state index is 0. The largest absolute Gasteiger partial charge is 0.364 e. The second-order valence-electron chi connectivity index (χ2n) is 4.92. The van der Waals surface area contributed by atoms with Gasteiger partial charge in [-0.2, -0.15) is 0 Å². The number of benzene rings is 1. The van der Waals surface area contributed by atoms with Crippen LogP contribution in [0.25, 0.3) is 0 Å². The number of hydrogen-bond donors (Lipinski definition) is 3. The van der Waals surface area contributed by atoms with Crippen molar-refractivity contribution in [3.8, 4) is 0 Å². The van der Waals surface area contributed by atoms with E-state index in [2.05, 4.69) is 10.6 Å². The van der Waals surface area contributed by atoms with Crippen molar-refractivity contribution in [2.45, 2.75) is 32.0 Å². The topological polar surface area (TPSA) is 93.5 Å². The molecule has 0 saturated carbocycles. The van der Waals surface area contributed by atoms with Crippen molar-refractivity contribution in [3.05, 3.63) is 23.2 Å². The number of ether oxygens (including phenoxy) is 1. The molecule has 1 heterocycles. The van der Waals surface area contributed by atoms with E-state index in [0.717, 1.165) is 6.42 Å². The zero-order valence-electron chi connectivity index (χ0n) is 12.1. The Kier molecular flexibility index (Phi) is 7.09. The van der Waals surface area contributed by atoms with Gasteiger partial charge in [-0.05, 0) is 31.0 Å². The fourth-order valence-electron chi connectivity index (χ4n) is 2.18. The highest BCUT2D eigenvalue weighted by Gasteiger charge is 2.30. The Labute approximate surface area is 140 Å². The number of rotatable bonds is 4. The molecule has 0 unspecified atom stereocenters. The van der Waals surface area contributed by atoms with Gasteiger partial charge in [0.05, 0.1) is 16.8 Å². The molecule has 0 aromatic heterocycles. The summed E-state index contributed by atoms with van der Waals surface area (Å²) in [5, 5.41) is 5.70. The summed E-state index contributed by atoms with van der Waals surface area (Å²) in [6, 6.07) is 4.89. The van der Waals surface area contributed by atoms with Gasteiger partial charge in [-0.15, -0.1) is 12.4 Å². The molecule has 8 heteroatoms. The number of hydrogen-bond acceptors (Lipinski definition) is 4. The van der Waals surface area contributed by atoms with Crippen molar-refractivity contribution in [1.29, 1.82) is 0 Å². The molecule has 0 aliphatic carbocycles. The first kappa shape index (κ1) is 18.7. The standard InChI is InChI=1S/C14H18ClN3O3.ClH/c1-8(19)17-9-2-4-12(11(15)6-9)18-14(20)13-5-3-10(7-16)21-13;/h2,4,6,10,13H,3,5,7,16H2,1H3,(H,17,19)(H,18,20);1H/t10-,13+;/m1./s1. The molecule has 1 saturated heterocycles. The average molecular weight is 348 g/mol. The number of carbonyl (C=O) groups excluding carboxylic acids is 2. The Morgan fingerprint density at radius 2 is 2.09 bits per heavy atom. The molecule has 6 nitrogen and oxygen atoms in total. The van der Waals surface area contributed by atoms with Gasteiger partial charge >= 0.3 is 0 Å². The molecule has 0 radical (unpaired) electrons. The van der Waals surface area contributed by atoms with Gasteiger partial charge in [0, 0.05) is 19.2 Å². The third-order valence-electron chi connectivity index (χ3n) is 3.21. The second kappa shape index (κ2) is 8.33. The zero-order valence-corrected chi connectivity index (χ0v) is 13.7. The molecule has 122 valence electrons. The fourth-order valence-corrected chi connectivity index (χ4v) is 2.41. The Hall–Kier alpha value is -1.34. The smallest absolute Gasteiger partial charge is 0.253 e. The molecule has 1 aromatic rings. The van der Waals surface area contributed by atoms with E-state index in [1.54, 1.807) is 18.2 Å². The van der Waals surface area contributed by atoms with E-state index in [9.17, 15) is 9.59 Å². The highest BCUT2D eigenvalue weighted by Crippen LogP contribution is 2.27. The van der Waals surface area contributed by atoms with Crippen LogP contribution in [0.15, 0.2) is 18.2 Å². The summed E-state index contributed by atoms with van der Waals surface area (Å²) < 4.78 is 5.52. The molecule has 0 bridgehead atoms. The van der Waals surface area contributed by atoms with Gasteiger partial charge in [0.1, 0.15) is 6.10 Å². The predicted octanol–water partition coefficient (Wildman–Crippen LogP) is 2.16. The van der Waals surface area contributed by atoms with Crippen molar-refractivity contribution in [2.75, 3.05) is 17.2 Å². The van der Waals surface area contributed by atoms with Crippen LogP contribution in [0.2, 0.25) is 5.02 Å². The van der Waals surface area contributed by atoms with Crippen molar-refractivity contribution in [1.82, 2.24) is 0 Å². The number of nitrogens with two attached hydrogens (primary N) is 1. The molecule has 1 aromatic carbocycles. The SMILES string of the molecule is CC(=O)Nc1ccc(NC(=O)[C@@H]2CC[C@H](CN)O2)c(Cl)c1.Cl. The molecule has 2 amide bonds. The molecule has 4 N–H and O–H groups in total. The lowest BCUT2D eigenvalue weighted by Crippen LogP contribution is -2.29. The van der Waals surface area contributed by atoms with Crippen LogP contribution in [0.5, 0.6) is 0 Å². The third-order valence-corrected chi connectivity index (χ3v) is 3.52. The highest BCUT2D eigenvalue weighted by molar-refractivity contribution is 6.34. The Bertz CT molecular complexity index is 554. The number of anilines is 2. The quantitative estimate of drug-likeness (QED) is 0.777. The zero-order chi connectivity index (χ0) is 15.4. The molecule has 2 atom stereocenters.